The first kappa shape index (κ1) is 20.2. The minimum absolute atomic E-state index is 0.185. The number of aryl methyl sites for hydroxylation is 1. The number of H-pyrrole nitrogens is 1. The van der Waals surface area contributed by atoms with Crippen LogP contribution in [0.15, 0.2) is 29.1 Å². The number of ether oxygens (including phenoxy) is 1. The molecule has 0 saturated carbocycles. The van der Waals surface area contributed by atoms with E-state index >= 15 is 0 Å². The molecule has 0 aliphatic rings. The van der Waals surface area contributed by atoms with Crippen LogP contribution in [-0.2, 0) is 11.3 Å². The molecule has 148 valence electrons. The fraction of sp³-hybridized carbons (Fsp3) is 0.350. The van der Waals surface area contributed by atoms with Crippen LogP contribution < -0.4 is 5.56 Å². The topological polar surface area (TPSA) is 75.3 Å². The van der Waals surface area contributed by atoms with Crippen LogP contribution in [0.4, 0.5) is 4.39 Å². The Morgan fingerprint density at radius 1 is 1.36 bits per heavy atom. The first-order valence-electron chi connectivity index (χ1n) is 8.97. The number of carbonyl (C=O) groups is 1. The lowest BCUT2D eigenvalue weighted by atomic mass is 10.1. The van der Waals surface area contributed by atoms with Gasteiger partial charge >= 0.3 is 5.97 Å². The van der Waals surface area contributed by atoms with Gasteiger partial charge in [-0.3, -0.25) is 9.69 Å². The summed E-state index contributed by atoms with van der Waals surface area (Å²) < 4.78 is 18.2. The van der Waals surface area contributed by atoms with E-state index in [-0.39, 0.29) is 24.0 Å². The second-order valence-corrected chi connectivity index (χ2v) is 7.62. The zero-order valence-electron chi connectivity index (χ0n) is 16.2. The molecule has 3 aromatic rings. The predicted molar refractivity (Wildman–Crippen MR) is 107 cm³/mol. The molecule has 0 saturated heterocycles. The van der Waals surface area contributed by atoms with E-state index in [1.807, 2.05) is 18.9 Å². The highest BCUT2D eigenvalue weighted by molar-refractivity contribution is 7.20. The number of benzene rings is 1. The van der Waals surface area contributed by atoms with E-state index in [0.29, 0.717) is 33.0 Å². The van der Waals surface area contributed by atoms with Crippen molar-refractivity contribution in [3.05, 3.63) is 62.3 Å². The summed E-state index contributed by atoms with van der Waals surface area (Å²) >= 11 is 1.17. The standard InChI is InChI=1S/C20H22FN3O3S/c1-5-27-20(26)16-11(2)15-18(25)22-17(23-19(15)28-16)12(3)24(4)10-13-6-8-14(21)9-7-13/h6-9,12H,5,10H2,1-4H3,(H,22,23,25). The van der Waals surface area contributed by atoms with E-state index in [1.54, 1.807) is 26.0 Å². The average molecular weight is 403 g/mol. The van der Waals surface area contributed by atoms with Crippen molar-refractivity contribution in [3.8, 4) is 0 Å². The monoisotopic (exact) mass is 403 g/mol. The molecular weight excluding hydrogens is 381 g/mol. The van der Waals surface area contributed by atoms with E-state index in [2.05, 4.69) is 9.97 Å². The largest absolute Gasteiger partial charge is 0.462 e. The molecule has 1 aromatic carbocycles. The van der Waals surface area contributed by atoms with Crippen molar-refractivity contribution < 1.29 is 13.9 Å². The number of thiophene rings is 1. The third kappa shape index (κ3) is 3.98. The van der Waals surface area contributed by atoms with Crippen molar-refractivity contribution in [3.63, 3.8) is 0 Å². The number of rotatable bonds is 6. The fourth-order valence-corrected chi connectivity index (χ4v) is 4.06. The maximum absolute atomic E-state index is 13.1. The molecule has 0 bridgehead atoms. The van der Waals surface area contributed by atoms with Crippen molar-refractivity contribution >= 4 is 27.5 Å². The van der Waals surface area contributed by atoms with Gasteiger partial charge in [-0.2, -0.15) is 0 Å². The summed E-state index contributed by atoms with van der Waals surface area (Å²) in [5.41, 5.74) is 1.27. The van der Waals surface area contributed by atoms with Crippen LogP contribution in [0.5, 0.6) is 0 Å². The molecule has 8 heteroatoms. The van der Waals surface area contributed by atoms with Gasteiger partial charge in [0.2, 0.25) is 0 Å². The molecule has 1 atom stereocenters. The van der Waals surface area contributed by atoms with Crippen molar-refractivity contribution in [1.29, 1.82) is 0 Å². The lowest BCUT2D eigenvalue weighted by Crippen LogP contribution is -2.25. The average Bonchev–Trinajstić information content (AvgIpc) is 3.00. The summed E-state index contributed by atoms with van der Waals surface area (Å²) in [7, 11) is 1.90. The Morgan fingerprint density at radius 2 is 2.04 bits per heavy atom. The maximum Gasteiger partial charge on any atom is 0.348 e. The second kappa shape index (κ2) is 8.20. The second-order valence-electron chi connectivity index (χ2n) is 6.63. The number of aromatic amines is 1. The minimum atomic E-state index is -0.439. The van der Waals surface area contributed by atoms with Crippen molar-refractivity contribution in [1.82, 2.24) is 14.9 Å². The number of hydrogen-bond donors (Lipinski definition) is 1. The third-order valence-electron chi connectivity index (χ3n) is 4.68. The number of carbonyl (C=O) groups excluding carboxylic acids is 1. The van der Waals surface area contributed by atoms with Crippen LogP contribution in [0.25, 0.3) is 10.2 Å². The molecule has 3 rings (SSSR count). The van der Waals surface area contributed by atoms with Gasteiger partial charge in [0.15, 0.2) is 0 Å². The number of halogens is 1. The van der Waals surface area contributed by atoms with Gasteiger partial charge in [-0.1, -0.05) is 12.1 Å². The predicted octanol–water partition coefficient (Wildman–Crippen LogP) is 3.80. The summed E-state index contributed by atoms with van der Waals surface area (Å²) in [5, 5.41) is 0.421. The molecule has 0 amide bonds. The number of esters is 1. The molecule has 0 radical (unpaired) electrons. The molecule has 0 aliphatic heterocycles. The summed E-state index contributed by atoms with van der Waals surface area (Å²) in [4.78, 5) is 35.1. The van der Waals surface area contributed by atoms with Crippen molar-refractivity contribution in [2.75, 3.05) is 13.7 Å². The quantitative estimate of drug-likeness (QED) is 0.634. The van der Waals surface area contributed by atoms with Crippen LogP contribution in [0, 0.1) is 12.7 Å². The normalized spacial score (nSPS) is 12.5. The smallest absolute Gasteiger partial charge is 0.348 e. The van der Waals surface area contributed by atoms with E-state index in [1.165, 1.54) is 23.5 Å². The number of nitrogens with one attached hydrogen (secondary N) is 1. The van der Waals surface area contributed by atoms with Crippen LogP contribution in [0.3, 0.4) is 0 Å². The molecule has 0 spiro atoms. The maximum atomic E-state index is 13.1. The van der Waals surface area contributed by atoms with Crippen LogP contribution >= 0.6 is 11.3 Å². The molecule has 2 heterocycles. The van der Waals surface area contributed by atoms with E-state index in [9.17, 15) is 14.0 Å². The number of nitrogens with zero attached hydrogens (tertiary/aromatic N) is 2. The third-order valence-corrected chi connectivity index (χ3v) is 5.85. The van der Waals surface area contributed by atoms with Crippen molar-refractivity contribution in [2.45, 2.75) is 33.4 Å². The first-order valence-corrected chi connectivity index (χ1v) is 9.78. The lowest BCUT2D eigenvalue weighted by molar-refractivity contribution is 0.0531. The highest BCUT2D eigenvalue weighted by atomic mass is 32.1. The van der Waals surface area contributed by atoms with Gasteiger partial charge in [-0.15, -0.1) is 11.3 Å². The molecule has 1 N–H and O–H groups in total. The van der Waals surface area contributed by atoms with Gasteiger partial charge < -0.3 is 9.72 Å². The number of fused-ring (bicyclic) bond motifs is 1. The Hall–Kier alpha value is -2.58. The van der Waals surface area contributed by atoms with Crippen LogP contribution in [-0.4, -0.2) is 34.5 Å². The summed E-state index contributed by atoms with van der Waals surface area (Å²) in [6.45, 7) is 6.24. The Bertz CT molecular complexity index is 1060. The highest BCUT2D eigenvalue weighted by Crippen LogP contribution is 2.29. The molecular formula is C20H22FN3O3S. The Labute approximate surface area is 166 Å². The zero-order valence-corrected chi connectivity index (χ0v) is 17.0. The summed E-state index contributed by atoms with van der Waals surface area (Å²) in [5.74, 6) is -0.203. The number of hydrogen-bond acceptors (Lipinski definition) is 6. The van der Waals surface area contributed by atoms with E-state index in [0.717, 1.165) is 5.56 Å². The highest BCUT2D eigenvalue weighted by Gasteiger charge is 2.22. The summed E-state index contributed by atoms with van der Waals surface area (Å²) in [6.07, 6.45) is 0. The van der Waals surface area contributed by atoms with Crippen LogP contribution in [0.1, 0.15) is 46.5 Å². The molecule has 6 nitrogen and oxygen atoms in total. The lowest BCUT2D eigenvalue weighted by Gasteiger charge is -2.23. The SMILES string of the molecule is CCOC(=O)c1sc2nc(C(C)N(C)Cc3ccc(F)cc3)[nH]c(=O)c2c1C. The summed E-state index contributed by atoms with van der Waals surface area (Å²) in [6, 6.07) is 6.12. The Balaban J connectivity index is 1.91. The zero-order chi connectivity index (χ0) is 20.4. The van der Waals surface area contributed by atoms with Gasteiger partial charge in [0.25, 0.3) is 5.56 Å². The first-order chi connectivity index (χ1) is 13.3. The Morgan fingerprint density at radius 3 is 2.68 bits per heavy atom. The fourth-order valence-electron chi connectivity index (χ4n) is 2.97. The molecule has 0 fully saturated rings. The van der Waals surface area contributed by atoms with Gasteiger partial charge in [-0.05, 0) is 51.1 Å². The molecule has 0 aliphatic carbocycles. The molecule has 28 heavy (non-hydrogen) atoms. The van der Waals surface area contributed by atoms with E-state index < -0.39 is 5.97 Å². The minimum Gasteiger partial charge on any atom is -0.462 e. The van der Waals surface area contributed by atoms with Crippen LogP contribution in [0.2, 0.25) is 0 Å². The van der Waals surface area contributed by atoms with Gasteiger partial charge in [0.05, 0.1) is 18.0 Å². The van der Waals surface area contributed by atoms with Gasteiger partial charge in [0.1, 0.15) is 21.3 Å². The van der Waals surface area contributed by atoms with E-state index in [4.69, 9.17) is 4.74 Å². The van der Waals surface area contributed by atoms with Gasteiger partial charge in [-0.25, -0.2) is 14.2 Å². The van der Waals surface area contributed by atoms with Gasteiger partial charge in [0, 0.05) is 6.54 Å². The molecule has 2 aromatic heterocycles. The number of aromatic nitrogens is 2. The Kier molecular flexibility index (Phi) is 5.90. The molecule has 1 unspecified atom stereocenters. The van der Waals surface area contributed by atoms with Crippen molar-refractivity contribution in [2.24, 2.45) is 0 Å².